The fourth-order valence-corrected chi connectivity index (χ4v) is 4.13. The van der Waals surface area contributed by atoms with Crippen molar-refractivity contribution in [3.8, 4) is 0 Å². The Morgan fingerprint density at radius 1 is 1.21 bits per heavy atom. The van der Waals surface area contributed by atoms with Gasteiger partial charge in [0, 0.05) is 36.9 Å². The van der Waals surface area contributed by atoms with E-state index in [1.807, 2.05) is 30.3 Å². The average Bonchev–Trinajstić information content (AvgIpc) is 3.07. The lowest BCUT2D eigenvalue weighted by atomic mass is 10.1. The van der Waals surface area contributed by atoms with Crippen LogP contribution in [0.15, 0.2) is 47.1 Å². The van der Waals surface area contributed by atoms with Crippen LogP contribution in [0.5, 0.6) is 0 Å². The van der Waals surface area contributed by atoms with Gasteiger partial charge in [0.15, 0.2) is 9.84 Å². The number of nitrogens with one attached hydrogen (secondary N) is 1. The average molecular weight is 348 g/mol. The van der Waals surface area contributed by atoms with Crippen molar-refractivity contribution in [2.45, 2.75) is 25.8 Å². The maximum absolute atomic E-state index is 11.6. The Labute approximate surface area is 143 Å². The van der Waals surface area contributed by atoms with Gasteiger partial charge in [0.2, 0.25) is 0 Å². The van der Waals surface area contributed by atoms with Gasteiger partial charge in [-0.05, 0) is 43.7 Å². The first-order valence-corrected chi connectivity index (χ1v) is 10.2. The molecule has 1 aromatic carbocycles. The number of sulfone groups is 1. The SMILES string of the molecule is CC(CCc1ccco1)Nc1cccc(N2CCS(=O)(=O)CC2)c1. The predicted molar refractivity (Wildman–Crippen MR) is 97.4 cm³/mol. The van der Waals surface area contributed by atoms with Crippen molar-refractivity contribution >= 4 is 21.2 Å². The molecule has 2 aromatic rings. The van der Waals surface area contributed by atoms with Crippen molar-refractivity contribution in [3.63, 3.8) is 0 Å². The Bertz CT molecular complexity index is 742. The fourth-order valence-electron chi connectivity index (χ4n) is 2.93. The number of rotatable bonds is 6. The van der Waals surface area contributed by atoms with Gasteiger partial charge in [0.1, 0.15) is 5.76 Å². The lowest BCUT2D eigenvalue weighted by molar-refractivity contribution is 0.495. The maximum atomic E-state index is 11.6. The molecule has 130 valence electrons. The molecule has 1 saturated heterocycles. The number of hydrogen-bond acceptors (Lipinski definition) is 5. The molecule has 1 aliphatic rings. The number of benzene rings is 1. The zero-order chi connectivity index (χ0) is 17.0. The Morgan fingerprint density at radius 3 is 2.71 bits per heavy atom. The first-order chi connectivity index (χ1) is 11.5. The first kappa shape index (κ1) is 16.9. The molecule has 5 nitrogen and oxygen atoms in total. The van der Waals surface area contributed by atoms with Crippen molar-refractivity contribution in [1.29, 1.82) is 0 Å². The van der Waals surface area contributed by atoms with Crippen LogP contribution in [0, 0.1) is 0 Å². The molecule has 2 heterocycles. The van der Waals surface area contributed by atoms with E-state index in [1.165, 1.54) is 0 Å². The van der Waals surface area contributed by atoms with Crippen LogP contribution >= 0.6 is 0 Å². The normalized spacial score (nSPS) is 18.3. The Balaban J connectivity index is 1.56. The third-order valence-electron chi connectivity index (χ3n) is 4.37. The zero-order valence-electron chi connectivity index (χ0n) is 13.9. The van der Waals surface area contributed by atoms with Gasteiger partial charge in [-0.15, -0.1) is 0 Å². The van der Waals surface area contributed by atoms with E-state index in [-0.39, 0.29) is 11.5 Å². The summed E-state index contributed by atoms with van der Waals surface area (Å²) < 4.78 is 28.5. The van der Waals surface area contributed by atoms with Gasteiger partial charge in [-0.3, -0.25) is 0 Å². The maximum Gasteiger partial charge on any atom is 0.153 e. The van der Waals surface area contributed by atoms with E-state index in [9.17, 15) is 8.42 Å². The van der Waals surface area contributed by atoms with Gasteiger partial charge in [0.05, 0.1) is 17.8 Å². The van der Waals surface area contributed by atoms with Crippen molar-refractivity contribution < 1.29 is 12.8 Å². The highest BCUT2D eigenvalue weighted by Gasteiger charge is 2.21. The van der Waals surface area contributed by atoms with Crippen molar-refractivity contribution in [3.05, 3.63) is 48.4 Å². The van der Waals surface area contributed by atoms with Gasteiger partial charge in [-0.1, -0.05) is 6.07 Å². The fraction of sp³-hybridized carbons (Fsp3) is 0.444. The van der Waals surface area contributed by atoms with Crippen LogP contribution in [0.25, 0.3) is 0 Å². The van der Waals surface area contributed by atoms with Crippen molar-refractivity contribution in [1.82, 2.24) is 0 Å². The van der Waals surface area contributed by atoms with E-state index >= 15 is 0 Å². The molecule has 0 spiro atoms. The number of anilines is 2. The third kappa shape index (κ3) is 4.54. The summed E-state index contributed by atoms with van der Waals surface area (Å²) in [6, 6.07) is 12.4. The molecule has 0 saturated carbocycles. The summed E-state index contributed by atoms with van der Waals surface area (Å²) in [4.78, 5) is 2.14. The molecule has 1 fully saturated rings. The zero-order valence-corrected chi connectivity index (χ0v) is 14.8. The first-order valence-electron chi connectivity index (χ1n) is 8.36. The van der Waals surface area contributed by atoms with E-state index in [2.05, 4.69) is 23.2 Å². The van der Waals surface area contributed by atoms with Crippen LogP contribution in [0.3, 0.4) is 0 Å². The number of aryl methyl sites for hydroxylation is 1. The van der Waals surface area contributed by atoms with Crippen LogP contribution in [0.4, 0.5) is 11.4 Å². The summed E-state index contributed by atoms with van der Waals surface area (Å²) >= 11 is 0. The van der Waals surface area contributed by atoms with E-state index in [0.717, 1.165) is 30.0 Å². The van der Waals surface area contributed by atoms with Gasteiger partial charge in [0.25, 0.3) is 0 Å². The monoisotopic (exact) mass is 348 g/mol. The molecule has 6 heteroatoms. The van der Waals surface area contributed by atoms with Crippen LogP contribution < -0.4 is 10.2 Å². The van der Waals surface area contributed by atoms with E-state index in [1.54, 1.807) is 6.26 Å². The van der Waals surface area contributed by atoms with E-state index < -0.39 is 9.84 Å². The lowest BCUT2D eigenvalue weighted by Crippen LogP contribution is -2.40. The largest absolute Gasteiger partial charge is 0.469 e. The molecule has 24 heavy (non-hydrogen) atoms. The van der Waals surface area contributed by atoms with E-state index in [4.69, 9.17) is 4.42 Å². The Kier molecular flexibility index (Phi) is 5.14. The number of furan rings is 1. The topological polar surface area (TPSA) is 62.6 Å². The van der Waals surface area contributed by atoms with Crippen molar-refractivity contribution in [2.24, 2.45) is 0 Å². The Hall–Kier alpha value is -1.95. The third-order valence-corrected chi connectivity index (χ3v) is 5.98. The second-order valence-electron chi connectivity index (χ2n) is 6.35. The minimum Gasteiger partial charge on any atom is -0.469 e. The smallest absolute Gasteiger partial charge is 0.153 e. The van der Waals surface area contributed by atoms with Gasteiger partial charge < -0.3 is 14.6 Å². The lowest BCUT2D eigenvalue weighted by Gasteiger charge is -2.29. The van der Waals surface area contributed by atoms with Crippen LogP contribution in [0.1, 0.15) is 19.1 Å². The van der Waals surface area contributed by atoms with Crippen LogP contribution in [-0.4, -0.2) is 39.1 Å². The van der Waals surface area contributed by atoms with Gasteiger partial charge in [-0.25, -0.2) is 8.42 Å². The molecule has 1 aromatic heterocycles. The van der Waals surface area contributed by atoms with Gasteiger partial charge in [-0.2, -0.15) is 0 Å². The minimum atomic E-state index is -2.85. The molecule has 0 aliphatic carbocycles. The van der Waals surface area contributed by atoms with Crippen molar-refractivity contribution in [2.75, 3.05) is 34.8 Å². The highest BCUT2D eigenvalue weighted by atomic mass is 32.2. The standard InChI is InChI=1S/C18H24N2O3S/c1-15(7-8-18-6-3-11-23-18)19-16-4-2-5-17(14-16)20-9-12-24(21,22)13-10-20/h2-6,11,14-15,19H,7-10,12-13H2,1H3. The number of hydrogen-bond donors (Lipinski definition) is 1. The minimum absolute atomic E-state index is 0.240. The molecule has 0 amide bonds. The summed E-state index contributed by atoms with van der Waals surface area (Å²) in [5, 5.41) is 3.51. The molecular weight excluding hydrogens is 324 g/mol. The summed E-state index contributed by atoms with van der Waals surface area (Å²) in [6.45, 7) is 3.29. The molecule has 1 unspecified atom stereocenters. The molecule has 1 N–H and O–H groups in total. The van der Waals surface area contributed by atoms with E-state index in [0.29, 0.717) is 19.1 Å². The highest BCUT2D eigenvalue weighted by molar-refractivity contribution is 7.91. The summed E-state index contributed by atoms with van der Waals surface area (Å²) in [7, 11) is -2.85. The summed E-state index contributed by atoms with van der Waals surface area (Å²) in [5.41, 5.74) is 2.14. The quantitative estimate of drug-likeness (QED) is 0.870. The highest BCUT2D eigenvalue weighted by Crippen LogP contribution is 2.22. The second-order valence-corrected chi connectivity index (χ2v) is 8.66. The Morgan fingerprint density at radius 2 is 2.00 bits per heavy atom. The molecule has 1 atom stereocenters. The van der Waals surface area contributed by atoms with Crippen LogP contribution in [-0.2, 0) is 16.3 Å². The molecule has 3 rings (SSSR count). The van der Waals surface area contributed by atoms with Gasteiger partial charge >= 0.3 is 0 Å². The summed E-state index contributed by atoms with van der Waals surface area (Å²) in [6.07, 6.45) is 3.60. The predicted octanol–water partition coefficient (Wildman–Crippen LogP) is 2.95. The molecule has 0 radical (unpaired) electrons. The number of nitrogens with zero attached hydrogens (tertiary/aromatic N) is 1. The second kappa shape index (κ2) is 7.30. The molecular formula is C18H24N2O3S. The van der Waals surface area contributed by atoms with Crippen LogP contribution in [0.2, 0.25) is 0 Å². The molecule has 1 aliphatic heterocycles. The molecule has 0 bridgehead atoms. The summed E-state index contributed by atoms with van der Waals surface area (Å²) in [5.74, 6) is 1.49.